The second kappa shape index (κ2) is 5.74. The van der Waals surface area contributed by atoms with Gasteiger partial charge in [-0.1, -0.05) is 23.3 Å². The van der Waals surface area contributed by atoms with Gasteiger partial charge >= 0.3 is 18.0 Å². The van der Waals surface area contributed by atoms with Gasteiger partial charge in [-0.25, -0.2) is 9.59 Å². The maximum atomic E-state index is 11.2. The van der Waals surface area contributed by atoms with E-state index >= 15 is 0 Å². The van der Waals surface area contributed by atoms with Crippen molar-refractivity contribution in [3.63, 3.8) is 0 Å². The SMILES string of the molecule is NCOC(=O)C(=O)Oc1nnc(-c2ccccc2)o1. The van der Waals surface area contributed by atoms with Crippen molar-refractivity contribution in [1.82, 2.24) is 10.2 Å². The Labute approximate surface area is 107 Å². The number of nitrogens with two attached hydrogens (primary N) is 1. The van der Waals surface area contributed by atoms with Gasteiger partial charge in [0.25, 0.3) is 5.89 Å². The summed E-state index contributed by atoms with van der Waals surface area (Å²) in [7, 11) is 0. The first-order chi connectivity index (χ1) is 9.20. The van der Waals surface area contributed by atoms with E-state index < -0.39 is 24.7 Å². The Morgan fingerprint density at radius 1 is 1.16 bits per heavy atom. The van der Waals surface area contributed by atoms with E-state index in [4.69, 9.17) is 10.2 Å². The van der Waals surface area contributed by atoms with E-state index in [-0.39, 0.29) is 5.89 Å². The largest absolute Gasteiger partial charge is 0.442 e. The first kappa shape index (κ1) is 12.7. The summed E-state index contributed by atoms with van der Waals surface area (Å²) in [5.74, 6) is -2.36. The Hall–Kier alpha value is -2.74. The van der Waals surface area contributed by atoms with E-state index in [2.05, 4.69) is 19.7 Å². The van der Waals surface area contributed by atoms with Crippen molar-refractivity contribution < 1.29 is 23.5 Å². The van der Waals surface area contributed by atoms with Crippen LogP contribution < -0.4 is 10.5 Å². The average Bonchev–Trinajstić information content (AvgIpc) is 2.88. The maximum Gasteiger partial charge on any atom is 0.426 e. The Balaban J connectivity index is 2.06. The smallest absolute Gasteiger partial charge is 0.426 e. The number of hydrogen-bond donors (Lipinski definition) is 1. The van der Waals surface area contributed by atoms with Gasteiger partial charge in [-0.05, 0) is 12.1 Å². The number of nitrogens with zero attached hydrogens (tertiary/aromatic N) is 2. The van der Waals surface area contributed by atoms with Crippen molar-refractivity contribution in [2.45, 2.75) is 0 Å². The van der Waals surface area contributed by atoms with E-state index in [1.807, 2.05) is 6.07 Å². The fraction of sp³-hybridized carbons (Fsp3) is 0.0909. The van der Waals surface area contributed by atoms with Crippen LogP contribution in [0.3, 0.4) is 0 Å². The van der Waals surface area contributed by atoms with Crippen molar-refractivity contribution in [1.29, 1.82) is 0 Å². The van der Waals surface area contributed by atoms with Crippen LogP contribution >= 0.6 is 0 Å². The molecule has 8 nitrogen and oxygen atoms in total. The van der Waals surface area contributed by atoms with E-state index in [0.717, 1.165) is 0 Å². The van der Waals surface area contributed by atoms with Gasteiger partial charge in [0.2, 0.25) is 0 Å². The molecule has 0 saturated carbocycles. The standard InChI is InChI=1S/C11H9N3O5/c12-6-17-9(15)10(16)19-11-14-13-8(18-11)7-4-2-1-3-5-7/h1-5H,6,12H2. The Kier molecular flexibility index (Phi) is 3.84. The minimum absolute atomic E-state index is 0.163. The van der Waals surface area contributed by atoms with Gasteiger partial charge in [0.05, 0.1) is 0 Å². The molecule has 0 radical (unpaired) electrons. The van der Waals surface area contributed by atoms with Crippen molar-refractivity contribution >= 4 is 11.9 Å². The Morgan fingerprint density at radius 3 is 2.58 bits per heavy atom. The van der Waals surface area contributed by atoms with E-state index in [0.29, 0.717) is 5.56 Å². The quantitative estimate of drug-likeness (QED) is 0.470. The van der Waals surface area contributed by atoms with Gasteiger partial charge < -0.3 is 13.9 Å². The fourth-order valence-corrected chi connectivity index (χ4v) is 1.20. The molecule has 0 saturated heterocycles. The zero-order valence-corrected chi connectivity index (χ0v) is 9.61. The zero-order valence-electron chi connectivity index (χ0n) is 9.61. The molecule has 0 spiro atoms. The molecule has 19 heavy (non-hydrogen) atoms. The van der Waals surface area contributed by atoms with Gasteiger partial charge in [0.1, 0.15) is 6.73 Å². The lowest BCUT2D eigenvalue weighted by atomic mass is 10.2. The second-order valence-corrected chi connectivity index (χ2v) is 3.23. The minimum Gasteiger partial charge on any atom is -0.442 e. The Bertz CT molecular complexity index is 581. The summed E-state index contributed by atoms with van der Waals surface area (Å²) < 4.78 is 13.8. The summed E-state index contributed by atoms with van der Waals surface area (Å²) in [5, 5.41) is 7.15. The van der Waals surface area contributed by atoms with Crippen LogP contribution in [0, 0.1) is 0 Å². The average molecular weight is 263 g/mol. The summed E-state index contributed by atoms with van der Waals surface area (Å²) in [6, 6.07) is 8.86. The normalized spacial score (nSPS) is 9.95. The molecule has 1 aromatic heterocycles. The molecule has 0 aliphatic carbocycles. The number of carbonyl (C=O) groups excluding carboxylic acids is 2. The molecule has 0 amide bonds. The molecule has 0 bridgehead atoms. The Morgan fingerprint density at radius 2 is 1.89 bits per heavy atom. The summed E-state index contributed by atoms with van der Waals surface area (Å²) in [4.78, 5) is 22.1. The molecular weight excluding hydrogens is 254 g/mol. The maximum absolute atomic E-state index is 11.2. The van der Waals surface area contributed by atoms with Crippen LogP contribution in [0.4, 0.5) is 0 Å². The van der Waals surface area contributed by atoms with Gasteiger partial charge in [-0.2, -0.15) is 0 Å². The van der Waals surface area contributed by atoms with Crippen LogP contribution in [0.2, 0.25) is 0 Å². The monoisotopic (exact) mass is 263 g/mol. The van der Waals surface area contributed by atoms with Gasteiger partial charge in [-0.3, -0.25) is 5.73 Å². The summed E-state index contributed by atoms with van der Waals surface area (Å²) >= 11 is 0. The topological polar surface area (TPSA) is 118 Å². The lowest BCUT2D eigenvalue weighted by molar-refractivity contribution is -0.162. The number of carbonyl (C=O) groups is 2. The number of esters is 2. The highest BCUT2D eigenvalue weighted by molar-refractivity contribution is 6.30. The van der Waals surface area contributed by atoms with Crippen LogP contribution in [-0.2, 0) is 14.3 Å². The minimum atomic E-state index is -1.28. The van der Waals surface area contributed by atoms with Crippen LogP contribution in [0.15, 0.2) is 34.7 Å². The molecule has 2 N–H and O–H groups in total. The third-order valence-corrected chi connectivity index (χ3v) is 1.99. The number of aromatic nitrogens is 2. The number of rotatable bonds is 3. The van der Waals surface area contributed by atoms with Gasteiger partial charge in [-0.15, -0.1) is 5.10 Å². The first-order valence-electron chi connectivity index (χ1n) is 5.18. The lowest BCUT2D eigenvalue weighted by Gasteiger charge is -1.98. The zero-order chi connectivity index (χ0) is 13.7. The molecule has 2 rings (SSSR count). The van der Waals surface area contributed by atoms with Crippen molar-refractivity contribution in [3.8, 4) is 17.5 Å². The highest BCUT2D eigenvalue weighted by Crippen LogP contribution is 2.20. The predicted octanol–water partition coefficient (Wildman–Crippen LogP) is 0.101. The molecule has 2 aromatic rings. The highest BCUT2D eigenvalue weighted by atomic mass is 16.7. The van der Waals surface area contributed by atoms with Crippen molar-refractivity contribution in [3.05, 3.63) is 30.3 Å². The summed E-state index contributed by atoms with van der Waals surface area (Å²) in [6.45, 7) is -0.424. The van der Waals surface area contributed by atoms with Crippen LogP contribution in [0.1, 0.15) is 0 Å². The highest BCUT2D eigenvalue weighted by Gasteiger charge is 2.21. The second-order valence-electron chi connectivity index (χ2n) is 3.23. The van der Waals surface area contributed by atoms with Gasteiger partial charge in [0, 0.05) is 5.56 Å². The van der Waals surface area contributed by atoms with Crippen LogP contribution in [-0.4, -0.2) is 28.9 Å². The van der Waals surface area contributed by atoms with E-state index in [1.165, 1.54) is 0 Å². The van der Waals surface area contributed by atoms with E-state index in [9.17, 15) is 9.59 Å². The lowest BCUT2D eigenvalue weighted by Crippen LogP contribution is -2.25. The predicted molar refractivity (Wildman–Crippen MR) is 60.5 cm³/mol. The van der Waals surface area contributed by atoms with E-state index in [1.54, 1.807) is 24.3 Å². The van der Waals surface area contributed by atoms with Crippen molar-refractivity contribution in [2.75, 3.05) is 6.73 Å². The molecule has 0 unspecified atom stereocenters. The molecule has 1 aromatic carbocycles. The molecule has 0 aliphatic heterocycles. The van der Waals surface area contributed by atoms with Gasteiger partial charge in [0.15, 0.2) is 0 Å². The van der Waals surface area contributed by atoms with Crippen LogP contribution in [0.25, 0.3) is 11.5 Å². The fourth-order valence-electron chi connectivity index (χ4n) is 1.20. The van der Waals surface area contributed by atoms with Crippen LogP contribution in [0.5, 0.6) is 6.08 Å². The summed E-state index contributed by atoms with van der Waals surface area (Å²) in [6.07, 6.45) is -0.446. The number of benzene rings is 1. The molecule has 0 fully saturated rings. The number of ether oxygens (including phenoxy) is 2. The third kappa shape index (κ3) is 3.13. The molecule has 1 heterocycles. The third-order valence-electron chi connectivity index (χ3n) is 1.99. The summed E-state index contributed by atoms with van der Waals surface area (Å²) in [5.41, 5.74) is 5.59. The van der Waals surface area contributed by atoms with Crippen molar-refractivity contribution in [2.24, 2.45) is 5.73 Å². The molecule has 0 aliphatic rings. The molecule has 0 atom stereocenters. The molecule has 98 valence electrons. The molecular formula is C11H9N3O5. The first-order valence-corrected chi connectivity index (χ1v) is 5.18. The molecule has 8 heteroatoms. The number of hydrogen-bond acceptors (Lipinski definition) is 8.